The Morgan fingerprint density at radius 3 is 2.43 bits per heavy atom. The highest BCUT2D eigenvalue weighted by Gasteiger charge is 2.19. The van der Waals surface area contributed by atoms with E-state index in [1.54, 1.807) is 12.1 Å². The summed E-state index contributed by atoms with van der Waals surface area (Å²) in [6.45, 7) is 1.82. The van der Waals surface area contributed by atoms with Crippen LogP contribution >= 0.6 is 0 Å². The van der Waals surface area contributed by atoms with Crippen molar-refractivity contribution in [3.8, 4) is 5.75 Å². The van der Waals surface area contributed by atoms with Crippen LogP contribution < -0.4 is 9.81 Å². The van der Waals surface area contributed by atoms with Crippen LogP contribution in [-0.2, 0) is 10.1 Å². The first-order chi connectivity index (χ1) is 10.8. The molecule has 0 aliphatic heterocycles. The van der Waals surface area contributed by atoms with Gasteiger partial charge in [-0.2, -0.15) is 8.42 Å². The molecule has 1 heterocycles. The molecule has 0 saturated heterocycles. The van der Waals surface area contributed by atoms with Gasteiger partial charge in [-0.3, -0.25) is 0 Å². The molecule has 0 N–H and O–H groups in total. The number of aryl methyl sites for hydroxylation is 1. The van der Waals surface area contributed by atoms with Crippen LogP contribution in [0.3, 0.4) is 0 Å². The first-order valence-corrected chi connectivity index (χ1v) is 8.00. The third kappa shape index (κ3) is 3.09. The molecule has 0 atom stereocenters. The molecule has 0 saturated carbocycles. The summed E-state index contributed by atoms with van der Waals surface area (Å²) in [6, 6.07) is 10.3. The predicted octanol–water partition coefficient (Wildman–Crippen LogP) is 3.01. The monoisotopic (exact) mass is 334 g/mol. The van der Waals surface area contributed by atoms with Crippen molar-refractivity contribution in [2.45, 2.75) is 11.8 Å². The second-order valence-electron chi connectivity index (χ2n) is 4.92. The average Bonchev–Trinajstić information content (AvgIpc) is 2.48. The molecule has 0 aliphatic carbocycles. The second-order valence-corrected chi connectivity index (χ2v) is 6.47. The van der Waals surface area contributed by atoms with Crippen LogP contribution in [0.2, 0.25) is 0 Å². The van der Waals surface area contributed by atoms with E-state index in [9.17, 15) is 17.6 Å². The highest BCUT2D eigenvalue weighted by atomic mass is 32.2. The average molecular weight is 334 g/mol. The van der Waals surface area contributed by atoms with Crippen LogP contribution in [0, 0.1) is 12.7 Å². The Balaban J connectivity index is 2.12. The van der Waals surface area contributed by atoms with Crippen LogP contribution in [0.15, 0.2) is 62.6 Å². The van der Waals surface area contributed by atoms with E-state index in [-0.39, 0.29) is 21.6 Å². The van der Waals surface area contributed by atoms with Gasteiger partial charge in [0, 0.05) is 0 Å². The number of hydrogen-bond acceptors (Lipinski definition) is 5. The quantitative estimate of drug-likeness (QED) is 0.544. The fraction of sp³-hybridized carbons (Fsp3) is 0.0625. The van der Waals surface area contributed by atoms with Crippen LogP contribution in [0.4, 0.5) is 4.39 Å². The summed E-state index contributed by atoms with van der Waals surface area (Å²) in [6.07, 6.45) is 0. The van der Waals surface area contributed by atoms with Gasteiger partial charge in [0.05, 0.1) is 11.5 Å². The van der Waals surface area contributed by atoms with Crippen LogP contribution in [0.25, 0.3) is 11.0 Å². The first-order valence-electron chi connectivity index (χ1n) is 6.60. The summed E-state index contributed by atoms with van der Waals surface area (Å²) in [7, 11) is -4.15. The molecule has 23 heavy (non-hydrogen) atoms. The lowest BCUT2D eigenvalue weighted by Crippen LogP contribution is -2.11. The zero-order valence-electron chi connectivity index (χ0n) is 11.9. The largest absolute Gasteiger partial charge is 0.422 e. The Labute approximate surface area is 131 Å². The molecule has 7 heteroatoms. The van der Waals surface area contributed by atoms with Crippen LogP contribution in [0.1, 0.15) is 5.56 Å². The fourth-order valence-corrected chi connectivity index (χ4v) is 2.99. The molecular weight excluding hydrogens is 323 g/mol. The Bertz CT molecular complexity index is 1040. The van der Waals surface area contributed by atoms with Crippen molar-refractivity contribution in [1.82, 2.24) is 0 Å². The highest BCUT2D eigenvalue weighted by molar-refractivity contribution is 7.87. The van der Waals surface area contributed by atoms with Crippen molar-refractivity contribution in [1.29, 1.82) is 0 Å². The van der Waals surface area contributed by atoms with Gasteiger partial charge in [0.15, 0.2) is 5.75 Å². The van der Waals surface area contributed by atoms with Gasteiger partial charge in [-0.25, -0.2) is 9.18 Å². The summed E-state index contributed by atoms with van der Waals surface area (Å²) < 4.78 is 47.9. The van der Waals surface area contributed by atoms with E-state index in [1.807, 2.05) is 6.92 Å². The highest BCUT2D eigenvalue weighted by Crippen LogP contribution is 2.27. The molecule has 0 spiro atoms. The zero-order chi connectivity index (χ0) is 16.6. The number of hydrogen-bond donors (Lipinski definition) is 0. The molecule has 3 aromatic rings. The third-order valence-electron chi connectivity index (χ3n) is 3.18. The normalized spacial score (nSPS) is 11.6. The van der Waals surface area contributed by atoms with E-state index in [4.69, 9.17) is 8.60 Å². The number of fused-ring (bicyclic) bond motifs is 1. The van der Waals surface area contributed by atoms with E-state index in [1.165, 1.54) is 18.2 Å². The minimum absolute atomic E-state index is 0.0352. The summed E-state index contributed by atoms with van der Waals surface area (Å²) in [4.78, 5) is 11.5. The standard InChI is InChI=1S/C16H11FO5S/c1-10-2-5-12(6-3-10)23(19,20)22-15-9-16(18)21-14-7-4-11(17)8-13(14)15/h2-9H,1H3. The van der Waals surface area contributed by atoms with E-state index in [2.05, 4.69) is 0 Å². The van der Waals surface area contributed by atoms with Crippen molar-refractivity contribution < 1.29 is 21.4 Å². The van der Waals surface area contributed by atoms with Gasteiger partial charge < -0.3 is 8.60 Å². The topological polar surface area (TPSA) is 73.6 Å². The van der Waals surface area contributed by atoms with Crippen molar-refractivity contribution in [3.63, 3.8) is 0 Å². The molecule has 0 bridgehead atoms. The lowest BCUT2D eigenvalue weighted by molar-refractivity contribution is 0.481. The molecule has 0 amide bonds. The molecule has 118 valence electrons. The zero-order valence-corrected chi connectivity index (χ0v) is 12.8. The summed E-state index contributed by atoms with van der Waals surface area (Å²) in [5.41, 5.74) is 0.128. The van der Waals surface area contributed by atoms with Crippen molar-refractivity contribution in [2.24, 2.45) is 0 Å². The Morgan fingerprint density at radius 2 is 1.74 bits per heavy atom. The number of rotatable bonds is 3. The summed E-state index contributed by atoms with van der Waals surface area (Å²) >= 11 is 0. The molecule has 0 radical (unpaired) electrons. The molecular formula is C16H11FO5S. The first kappa shape index (κ1) is 15.2. The second kappa shape index (κ2) is 5.51. The molecule has 0 unspecified atom stereocenters. The van der Waals surface area contributed by atoms with Gasteiger partial charge in [0.1, 0.15) is 16.3 Å². The van der Waals surface area contributed by atoms with Gasteiger partial charge in [0.2, 0.25) is 0 Å². The predicted molar refractivity (Wildman–Crippen MR) is 81.4 cm³/mol. The molecule has 0 aliphatic rings. The molecule has 1 aromatic heterocycles. The fourth-order valence-electron chi connectivity index (χ4n) is 2.05. The lowest BCUT2D eigenvalue weighted by Gasteiger charge is -2.09. The van der Waals surface area contributed by atoms with Crippen molar-refractivity contribution >= 4 is 21.1 Å². The van der Waals surface area contributed by atoms with E-state index in [0.29, 0.717) is 0 Å². The Kier molecular flexibility index (Phi) is 3.65. The van der Waals surface area contributed by atoms with Gasteiger partial charge in [-0.1, -0.05) is 17.7 Å². The van der Waals surface area contributed by atoms with E-state index < -0.39 is 21.6 Å². The van der Waals surface area contributed by atoms with Crippen molar-refractivity contribution in [2.75, 3.05) is 0 Å². The van der Waals surface area contributed by atoms with E-state index in [0.717, 1.165) is 23.8 Å². The van der Waals surface area contributed by atoms with Gasteiger partial charge >= 0.3 is 15.7 Å². The maximum absolute atomic E-state index is 13.4. The van der Waals surface area contributed by atoms with Gasteiger partial charge in [0.25, 0.3) is 0 Å². The van der Waals surface area contributed by atoms with Crippen LogP contribution in [0.5, 0.6) is 5.75 Å². The minimum atomic E-state index is -4.15. The Morgan fingerprint density at radius 1 is 1.04 bits per heavy atom. The van der Waals surface area contributed by atoms with Crippen molar-refractivity contribution in [3.05, 3.63) is 70.3 Å². The number of benzene rings is 2. The van der Waals surface area contributed by atoms with Crippen LogP contribution in [-0.4, -0.2) is 8.42 Å². The molecule has 2 aromatic carbocycles. The van der Waals surface area contributed by atoms with Gasteiger partial charge in [-0.05, 0) is 37.3 Å². The molecule has 0 fully saturated rings. The smallest absolute Gasteiger partial charge is 0.340 e. The summed E-state index contributed by atoms with van der Waals surface area (Å²) in [5.74, 6) is -0.889. The SMILES string of the molecule is Cc1ccc(S(=O)(=O)Oc2cc(=O)oc3ccc(F)cc23)cc1. The number of halogens is 1. The molecule has 3 rings (SSSR count). The van der Waals surface area contributed by atoms with E-state index >= 15 is 0 Å². The molecule has 5 nitrogen and oxygen atoms in total. The Hall–Kier alpha value is -2.67. The minimum Gasteiger partial charge on any atom is -0.422 e. The van der Waals surface area contributed by atoms with Gasteiger partial charge in [-0.15, -0.1) is 0 Å². The lowest BCUT2D eigenvalue weighted by atomic mass is 10.2. The maximum atomic E-state index is 13.4. The maximum Gasteiger partial charge on any atom is 0.340 e. The summed E-state index contributed by atoms with van der Waals surface area (Å²) in [5, 5.41) is 0.0558. The third-order valence-corrected chi connectivity index (χ3v) is 4.42.